The molecule has 4 heteroatoms. The molecule has 2 rings (SSSR count). The zero-order valence-electron chi connectivity index (χ0n) is 13.9. The molecular formula is C19H24N2O2. The number of benzene rings is 1. The molecule has 2 aromatic rings. The molecule has 0 N–H and O–H groups in total. The lowest BCUT2D eigenvalue weighted by atomic mass is 10.1. The Kier molecular flexibility index (Phi) is 6.73. The third-order valence-corrected chi connectivity index (χ3v) is 3.60. The van der Waals surface area contributed by atoms with Crippen LogP contribution in [-0.4, -0.2) is 22.5 Å². The number of carbonyl (C=O) groups is 1. The van der Waals surface area contributed by atoms with Gasteiger partial charge in [-0.25, -0.2) is 14.8 Å². The summed E-state index contributed by atoms with van der Waals surface area (Å²) in [6.07, 6.45) is 8.91. The van der Waals surface area contributed by atoms with Crippen LogP contribution in [-0.2, 0) is 11.2 Å². The second-order valence-electron chi connectivity index (χ2n) is 5.59. The molecule has 0 radical (unpaired) electrons. The van der Waals surface area contributed by atoms with Gasteiger partial charge in [0.2, 0.25) is 0 Å². The van der Waals surface area contributed by atoms with Gasteiger partial charge in [0.15, 0.2) is 5.82 Å². The van der Waals surface area contributed by atoms with Crippen LogP contribution in [0.15, 0.2) is 36.7 Å². The summed E-state index contributed by atoms with van der Waals surface area (Å²) in [7, 11) is 0. The Morgan fingerprint density at radius 2 is 1.70 bits per heavy atom. The average molecular weight is 312 g/mol. The number of rotatable bonds is 8. The van der Waals surface area contributed by atoms with Crippen molar-refractivity contribution in [3.05, 3.63) is 47.8 Å². The summed E-state index contributed by atoms with van der Waals surface area (Å²) in [6.45, 7) is 4.74. The zero-order valence-corrected chi connectivity index (χ0v) is 13.9. The number of aryl methyl sites for hydroxylation is 1. The number of nitrogens with zero attached hydrogens (tertiary/aromatic N) is 2. The van der Waals surface area contributed by atoms with Gasteiger partial charge in [-0.2, -0.15) is 0 Å². The van der Waals surface area contributed by atoms with Gasteiger partial charge in [0.05, 0.1) is 12.2 Å². The first kappa shape index (κ1) is 17.1. The van der Waals surface area contributed by atoms with Crippen LogP contribution in [0, 0.1) is 0 Å². The predicted octanol–water partition coefficient (Wildman–Crippen LogP) is 4.44. The lowest BCUT2D eigenvalue weighted by molar-refractivity contribution is 0.0498. The van der Waals surface area contributed by atoms with E-state index in [1.165, 1.54) is 0 Å². The summed E-state index contributed by atoms with van der Waals surface area (Å²) in [5.74, 6) is 0.402. The molecule has 1 aromatic carbocycles. The quantitative estimate of drug-likeness (QED) is 0.534. The molecule has 0 spiro atoms. The topological polar surface area (TPSA) is 52.1 Å². The number of hydrogen-bond donors (Lipinski definition) is 0. The molecule has 0 saturated carbocycles. The van der Waals surface area contributed by atoms with E-state index in [0.29, 0.717) is 18.0 Å². The van der Waals surface area contributed by atoms with Crippen molar-refractivity contribution in [2.75, 3.05) is 6.61 Å². The van der Waals surface area contributed by atoms with Crippen LogP contribution in [0.5, 0.6) is 0 Å². The highest BCUT2D eigenvalue weighted by Gasteiger charge is 2.08. The first-order valence-electron chi connectivity index (χ1n) is 8.33. The van der Waals surface area contributed by atoms with Crippen molar-refractivity contribution < 1.29 is 9.53 Å². The molecule has 0 amide bonds. The van der Waals surface area contributed by atoms with Gasteiger partial charge in [-0.3, -0.25) is 0 Å². The van der Waals surface area contributed by atoms with Gasteiger partial charge in [-0.05, 0) is 30.5 Å². The summed E-state index contributed by atoms with van der Waals surface area (Å²) >= 11 is 0. The second kappa shape index (κ2) is 9.03. The Morgan fingerprint density at radius 1 is 1.00 bits per heavy atom. The summed E-state index contributed by atoms with van der Waals surface area (Å²) in [6, 6.07) is 7.25. The van der Waals surface area contributed by atoms with Gasteiger partial charge in [0, 0.05) is 18.0 Å². The molecule has 1 heterocycles. The summed E-state index contributed by atoms with van der Waals surface area (Å²) in [5, 5.41) is 0. The average Bonchev–Trinajstić information content (AvgIpc) is 2.60. The molecule has 0 aliphatic heterocycles. The molecular weight excluding hydrogens is 288 g/mol. The molecule has 0 saturated heterocycles. The third kappa shape index (κ3) is 5.16. The van der Waals surface area contributed by atoms with E-state index in [9.17, 15) is 4.79 Å². The molecule has 23 heavy (non-hydrogen) atoms. The van der Waals surface area contributed by atoms with Gasteiger partial charge in [0.25, 0.3) is 0 Å². The van der Waals surface area contributed by atoms with Gasteiger partial charge < -0.3 is 4.74 Å². The Labute approximate surface area is 137 Å². The molecule has 122 valence electrons. The summed E-state index contributed by atoms with van der Waals surface area (Å²) in [4.78, 5) is 20.7. The maximum absolute atomic E-state index is 11.9. The second-order valence-corrected chi connectivity index (χ2v) is 5.59. The number of hydrogen-bond acceptors (Lipinski definition) is 4. The van der Waals surface area contributed by atoms with Gasteiger partial charge in [0.1, 0.15) is 0 Å². The fourth-order valence-electron chi connectivity index (χ4n) is 2.28. The normalized spacial score (nSPS) is 10.5. The van der Waals surface area contributed by atoms with E-state index in [1.54, 1.807) is 12.1 Å². The van der Waals surface area contributed by atoms with Crippen LogP contribution in [0.2, 0.25) is 0 Å². The lowest BCUT2D eigenvalue weighted by Crippen LogP contribution is -2.06. The van der Waals surface area contributed by atoms with E-state index in [1.807, 2.05) is 24.5 Å². The molecule has 4 nitrogen and oxygen atoms in total. The number of carbonyl (C=O) groups excluding carboxylic acids is 1. The van der Waals surface area contributed by atoms with Gasteiger partial charge in [-0.15, -0.1) is 0 Å². The Hall–Kier alpha value is -2.23. The number of ether oxygens (including phenoxy) is 1. The van der Waals surface area contributed by atoms with E-state index in [0.717, 1.165) is 43.2 Å². The molecule has 0 aliphatic carbocycles. The monoisotopic (exact) mass is 312 g/mol. The fourth-order valence-corrected chi connectivity index (χ4v) is 2.28. The first-order chi connectivity index (χ1) is 11.2. The Morgan fingerprint density at radius 3 is 2.30 bits per heavy atom. The molecule has 0 bridgehead atoms. The van der Waals surface area contributed by atoms with E-state index in [2.05, 4.69) is 23.8 Å². The Balaban J connectivity index is 1.97. The third-order valence-electron chi connectivity index (χ3n) is 3.60. The lowest BCUT2D eigenvalue weighted by Gasteiger charge is -2.05. The molecule has 0 fully saturated rings. The largest absolute Gasteiger partial charge is 0.462 e. The van der Waals surface area contributed by atoms with Crippen LogP contribution >= 0.6 is 0 Å². The van der Waals surface area contributed by atoms with Crippen LogP contribution in [0.4, 0.5) is 0 Å². The summed E-state index contributed by atoms with van der Waals surface area (Å²) in [5.41, 5.74) is 2.60. The van der Waals surface area contributed by atoms with Crippen molar-refractivity contribution in [3.63, 3.8) is 0 Å². The van der Waals surface area contributed by atoms with Crippen molar-refractivity contribution in [1.29, 1.82) is 0 Å². The van der Waals surface area contributed by atoms with Crippen molar-refractivity contribution in [3.8, 4) is 11.4 Å². The fraction of sp³-hybridized carbons (Fsp3) is 0.421. The van der Waals surface area contributed by atoms with Crippen LogP contribution in [0.25, 0.3) is 11.4 Å². The maximum Gasteiger partial charge on any atom is 0.338 e. The highest BCUT2D eigenvalue weighted by molar-refractivity contribution is 5.89. The van der Waals surface area contributed by atoms with E-state index < -0.39 is 0 Å². The van der Waals surface area contributed by atoms with Gasteiger partial charge >= 0.3 is 5.97 Å². The van der Waals surface area contributed by atoms with Gasteiger partial charge in [-0.1, -0.05) is 45.2 Å². The van der Waals surface area contributed by atoms with E-state index in [4.69, 9.17) is 4.74 Å². The van der Waals surface area contributed by atoms with E-state index in [-0.39, 0.29) is 5.97 Å². The highest BCUT2D eigenvalue weighted by atomic mass is 16.5. The van der Waals surface area contributed by atoms with Crippen molar-refractivity contribution in [2.45, 2.75) is 46.0 Å². The molecule has 0 unspecified atom stereocenters. The summed E-state index contributed by atoms with van der Waals surface area (Å²) < 4.78 is 5.25. The highest BCUT2D eigenvalue weighted by Crippen LogP contribution is 2.16. The van der Waals surface area contributed by atoms with Crippen molar-refractivity contribution in [1.82, 2.24) is 9.97 Å². The van der Waals surface area contributed by atoms with E-state index >= 15 is 0 Å². The minimum atomic E-state index is -0.271. The number of esters is 1. The molecule has 0 aliphatic rings. The minimum absolute atomic E-state index is 0.271. The van der Waals surface area contributed by atoms with Crippen LogP contribution in [0.1, 0.15) is 55.5 Å². The van der Waals surface area contributed by atoms with Crippen LogP contribution < -0.4 is 0 Å². The Bertz CT molecular complexity index is 606. The smallest absolute Gasteiger partial charge is 0.338 e. The molecule has 1 aromatic heterocycles. The first-order valence-corrected chi connectivity index (χ1v) is 8.33. The minimum Gasteiger partial charge on any atom is -0.462 e. The van der Waals surface area contributed by atoms with Crippen molar-refractivity contribution in [2.24, 2.45) is 0 Å². The van der Waals surface area contributed by atoms with Crippen molar-refractivity contribution >= 4 is 5.97 Å². The maximum atomic E-state index is 11.9. The molecule has 0 atom stereocenters. The predicted molar refractivity (Wildman–Crippen MR) is 91.3 cm³/mol. The number of aromatic nitrogens is 2. The standard InChI is InChI=1S/C19H24N2O2/c1-3-5-6-12-23-19(22)17-10-8-16(9-11-17)18-20-13-15(7-4-2)14-21-18/h8-11,13-14H,3-7,12H2,1-2H3. The zero-order chi connectivity index (χ0) is 16.5. The number of unbranched alkanes of at least 4 members (excludes halogenated alkanes) is 2. The van der Waals surface area contributed by atoms with Crippen LogP contribution in [0.3, 0.4) is 0 Å². The SMILES string of the molecule is CCCCCOC(=O)c1ccc(-c2ncc(CCC)cn2)cc1.